The molecule has 1 aromatic carbocycles. The van der Waals surface area contributed by atoms with Gasteiger partial charge in [0.05, 0.1) is 12.2 Å². The van der Waals surface area contributed by atoms with E-state index in [0.717, 1.165) is 30.4 Å². The highest BCUT2D eigenvalue weighted by Crippen LogP contribution is 2.26. The van der Waals surface area contributed by atoms with Crippen LogP contribution in [0.25, 0.3) is 0 Å². The summed E-state index contributed by atoms with van der Waals surface area (Å²) in [7, 11) is 0. The highest BCUT2D eigenvalue weighted by Gasteiger charge is 2.14. The molecular weight excluding hydrogens is 383 g/mol. The zero-order chi connectivity index (χ0) is 13.0. The lowest BCUT2D eigenvalue weighted by Gasteiger charge is -2.08. The maximum absolute atomic E-state index is 13.3. The molecule has 106 valence electrons. The molecule has 1 saturated heterocycles. The molecule has 1 aromatic rings. The third-order valence-corrected chi connectivity index (χ3v) is 4.06. The van der Waals surface area contributed by atoms with E-state index in [0.29, 0.717) is 11.8 Å². The predicted octanol–water partition coefficient (Wildman–Crippen LogP) is 3.21. The maximum atomic E-state index is 13.3. The molecule has 7 heteroatoms. The van der Waals surface area contributed by atoms with Gasteiger partial charge >= 0.3 is 0 Å². The SMILES string of the molecule is I.NC(=NCC1CCCS1)Nc1cc(F)ccc1F. The highest BCUT2D eigenvalue weighted by molar-refractivity contribution is 14.0. The number of nitrogens with zero attached hydrogens (tertiary/aromatic N) is 1. The van der Waals surface area contributed by atoms with Crippen LogP contribution in [-0.4, -0.2) is 23.5 Å². The minimum atomic E-state index is -0.551. The molecule has 0 bridgehead atoms. The molecule has 0 radical (unpaired) electrons. The highest BCUT2D eigenvalue weighted by atomic mass is 127. The molecule has 0 amide bonds. The lowest BCUT2D eigenvalue weighted by molar-refractivity contribution is 0.604. The minimum absolute atomic E-state index is 0. The van der Waals surface area contributed by atoms with E-state index in [1.165, 1.54) is 6.42 Å². The summed E-state index contributed by atoms with van der Waals surface area (Å²) in [4.78, 5) is 4.15. The molecule has 0 saturated carbocycles. The van der Waals surface area contributed by atoms with Crippen LogP contribution in [0.2, 0.25) is 0 Å². The summed E-state index contributed by atoms with van der Waals surface area (Å²) in [5, 5.41) is 3.07. The summed E-state index contributed by atoms with van der Waals surface area (Å²) in [6.45, 7) is 0.612. The Morgan fingerprint density at radius 3 is 2.95 bits per heavy atom. The first-order chi connectivity index (χ1) is 8.65. The van der Waals surface area contributed by atoms with Gasteiger partial charge in [-0.25, -0.2) is 8.78 Å². The zero-order valence-electron chi connectivity index (χ0n) is 10.2. The molecule has 1 aliphatic rings. The van der Waals surface area contributed by atoms with E-state index in [-0.39, 0.29) is 35.6 Å². The monoisotopic (exact) mass is 399 g/mol. The average Bonchev–Trinajstić information content (AvgIpc) is 2.84. The molecule has 0 aliphatic carbocycles. The number of rotatable bonds is 3. The topological polar surface area (TPSA) is 50.4 Å². The van der Waals surface area contributed by atoms with Crippen molar-refractivity contribution < 1.29 is 8.78 Å². The number of aliphatic imine (C=N–C) groups is 1. The first-order valence-electron chi connectivity index (χ1n) is 5.79. The first kappa shape index (κ1) is 16.5. The molecule has 3 nitrogen and oxygen atoms in total. The van der Waals surface area contributed by atoms with Crippen molar-refractivity contribution in [3.8, 4) is 0 Å². The molecule has 3 N–H and O–H groups in total. The molecule has 0 aromatic heterocycles. The smallest absolute Gasteiger partial charge is 0.193 e. The van der Waals surface area contributed by atoms with Crippen LogP contribution < -0.4 is 11.1 Å². The van der Waals surface area contributed by atoms with Gasteiger partial charge < -0.3 is 11.1 Å². The number of hydrogen-bond donors (Lipinski definition) is 2. The Kier molecular flexibility index (Phi) is 6.84. The van der Waals surface area contributed by atoms with Crippen LogP contribution in [0, 0.1) is 11.6 Å². The number of nitrogens with two attached hydrogens (primary N) is 1. The third kappa shape index (κ3) is 5.13. The van der Waals surface area contributed by atoms with Crippen LogP contribution in [-0.2, 0) is 0 Å². The fraction of sp³-hybridized carbons (Fsp3) is 0.417. The van der Waals surface area contributed by atoms with Crippen LogP contribution >= 0.6 is 35.7 Å². The number of guanidine groups is 1. The van der Waals surface area contributed by atoms with Gasteiger partial charge in [0.15, 0.2) is 5.96 Å². The van der Waals surface area contributed by atoms with E-state index in [1.54, 1.807) is 0 Å². The first-order valence-corrected chi connectivity index (χ1v) is 6.83. The standard InChI is InChI=1S/C12H15F2N3S.HI/c13-8-3-4-10(14)11(6-8)17-12(15)16-7-9-2-1-5-18-9;/h3-4,6,9H,1-2,5,7H2,(H3,15,16,17);1H. The van der Waals surface area contributed by atoms with Gasteiger partial charge in [0.2, 0.25) is 0 Å². The third-order valence-electron chi connectivity index (χ3n) is 2.68. The van der Waals surface area contributed by atoms with Gasteiger partial charge in [-0.2, -0.15) is 11.8 Å². The van der Waals surface area contributed by atoms with Crippen LogP contribution in [0.5, 0.6) is 0 Å². The number of benzene rings is 1. The van der Waals surface area contributed by atoms with Crippen LogP contribution in [0.4, 0.5) is 14.5 Å². The Balaban J connectivity index is 0.00000180. The molecule has 1 atom stereocenters. The van der Waals surface area contributed by atoms with Crippen molar-refractivity contribution in [2.45, 2.75) is 18.1 Å². The van der Waals surface area contributed by atoms with E-state index in [1.807, 2.05) is 11.8 Å². The van der Waals surface area contributed by atoms with Crippen molar-refractivity contribution >= 4 is 47.4 Å². The quantitative estimate of drug-likeness (QED) is 0.466. The second kappa shape index (κ2) is 7.88. The van der Waals surface area contributed by atoms with Gasteiger partial charge in [0, 0.05) is 11.3 Å². The van der Waals surface area contributed by atoms with Crippen LogP contribution in [0.15, 0.2) is 23.2 Å². The fourth-order valence-electron chi connectivity index (χ4n) is 1.76. The number of thioether (sulfide) groups is 1. The Labute approximate surface area is 132 Å². The fourth-order valence-corrected chi connectivity index (χ4v) is 2.94. The summed E-state index contributed by atoms with van der Waals surface area (Å²) in [5.74, 6) is 0.210. The molecule has 2 rings (SSSR count). The zero-order valence-corrected chi connectivity index (χ0v) is 13.4. The normalized spacial score (nSPS) is 19.1. The Bertz CT molecular complexity index is 451. The van der Waals surface area contributed by atoms with Gasteiger partial charge in [-0.15, -0.1) is 24.0 Å². The molecular formula is C12H16F2IN3S. The Hall–Kier alpha value is -0.570. The van der Waals surface area contributed by atoms with E-state index >= 15 is 0 Å². The second-order valence-corrected chi connectivity index (χ2v) is 5.52. The van der Waals surface area contributed by atoms with Crippen molar-refractivity contribution in [2.24, 2.45) is 10.7 Å². The largest absolute Gasteiger partial charge is 0.370 e. The van der Waals surface area contributed by atoms with E-state index in [9.17, 15) is 8.78 Å². The summed E-state index contributed by atoms with van der Waals surface area (Å²) in [5.41, 5.74) is 5.65. The molecule has 1 heterocycles. The van der Waals surface area contributed by atoms with Crippen molar-refractivity contribution in [1.29, 1.82) is 0 Å². The van der Waals surface area contributed by atoms with E-state index in [2.05, 4.69) is 10.3 Å². The molecule has 0 spiro atoms. The maximum Gasteiger partial charge on any atom is 0.193 e. The van der Waals surface area contributed by atoms with Crippen molar-refractivity contribution in [3.63, 3.8) is 0 Å². The number of halogens is 3. The Morgan fingerprint density at radius 1 is 1.47 bits per heavy atom. The average molecular weight is 399 g/mol. The molecule has 1 unspecified atom stereocenters. The Morgan fingerprint density at radius 2 is 2.26 bits per heavy atom. The van der Waals surface area contributed by atoms with Crippen molar-refractivity contribution in [2.75, 3.05) is 17.6 Å². The van der Waals surface area contributed by atoms with Crippen LogP contribution in [0.1, 0.15) is 12.8 Å². The van der Waals surface area contributed by atoms with E-state index < -0.39 is 11.6 Å². The lowest BCUT2D eigenvalue weighted by Crippen LogP contribution is -2.24. The summed E-state index contributed by atoms with van der Waals surface area (Å²) in [6, 6.07) is 3.17. The molecule has 1 fully saturated rings. The number of anilines is 1. The van der Waals surface area contributed by atoms with Gasteiger partial charge in [-0.3, -0.25) is 4.99 Å². The van der Waals surface area contributed by atoms with Gasteiger partial charge in [0.25, 0.3) is 0 Å². The predicted molar refractivity (Wildman–Crippen MR) is 87.4 cm³/mol. The molecule has 19 heavy (non-hydrogen) atoms. The number of nitrogens with one attached hydrogen (secondary N) is 1. The van der Waals surface area contributed by atoms with Crippen molar-refractivity contribution in [3.05, 3.63) is 29.8 Å². The van der Waals surface area contributed by atoms with Gasteiger partial charge in [-0.1, -0.05) is 0 Å². The lowest BCUT2D eigenvalue weighted by atomic mass is 10.2. The number of hydrogen-bond acceptors (Lipinski definition) is 2. The molecule has 1 aliphatic heterocycles. The van der Waals surface area contributed by atoms with Crippen LogP contribution in [0.3, 0.4) is 0 Å². The van der Waals surface area contributed by atoms with E-state index in [4.69, 9.17) is 5.73 Å². The summed E-state index contributed by atoms with van der Waals surface area (Å²) in [6.07, 6.45) is 2.34. The minimum Gasteiger partial charge on any atom is -0.370 e. The van der Waals surface area contributed by atoms with Gasteiger partial charge in [-0.05, 0) is 30.7 Å². The van der Waals surface area contributed by atoms with Crippen molar-refractivity contribution in [1.82, 2.24) is 0 Å². The second-order valence-electron chi connectivity index (χ2n) is 4.11. The van der Waals surface area contributed by atoms with Gasteiger partial charge in [0.1, 0.15) is 11.6 Å². The summed E-state index contributed by atoms with van der Waals surface area (Å²) < 4.78 is 26.3. The summed E-state index contributed by atoms with van der Waals surface area (Å²) >= 11 is 1.87.